The predicted molar refractivity (Wildman–Crippen MR) is 108 cm³/mol. The molecule has 0 heterocycles. The maximum Gasteiger partial charge on any atom is 0.150 e. The van der Waals surface area contributed by atoms with Crippen molar-refractivity contribution in [2.75, 3.05) is 0 Å². The van der Waals surface area contributed by atoms with Crippen molar-refractivity contribution in [3.05, 3.63) is 11.6 Å². The first-order chi connectivity index (χ1) is 13.2. The minimum atomic E-state index is -0.766. The fourth-order valence-electron chi connectivity index (χ4n) is 8.67. The van der Waals surface area contributed by atoms with Crippen LogP contribution in [0.2, 0.25) is 0 Å². The van der Waals surface area contributed by atoms with Crippen LogP contribution >= 0.6 is 0 Å². The van der Waals surface area contributed by atoms with Gasteiger partial charge >= 0.3 is 0 Å². The summed E-state index contributed by atoms with van der Waals surface area (Å²) in [5.74, 6) is 3.02. The first-order valence-electron chi connectivity index (χ1n) is 11.5. The minimum absolute atomic E-state index is 0.146. The summed E-state index contributed by atoms with van der Waals surface area (Å²) in [6, 6.07) is 0. The Morgan fingerprint density at radius 1 is 0.893 bits per heavy atom. The van der Waals surface area contributed by atoms with E-state index in [-0.39, 0.29) is 28.3 Å². The summed E-state index contributed by atoms with van der Waals surface area (Å²) in [4.78, 5) is 37.5. The van der Waals surface area contributed by atoms with E-state index in [0.29, 0.717) is 36.4 Å². The van der Waals surface area contributed by atoms with Crippen LogP contribution in [0.4, 0.5) is 0 Å². The van der Waals surface area contributed by atoms with Crippen LogP contribution in [-0.2, 0) is 14.4 Å². The predicted octanol–water partition coefficient (Wildman–Crippen LogP) is 5.07. The van der Waals surface area contributed by atoms with Gasteiger partial charge in [-0.25, -0.2) is 0 Å². The van der Waals surface area contributed by atoms with Gasteiger partial charge in [0.2, 0.25) is 0 Å². The third-order valence-corrected chi connectivity index (χ3v) is 10.3. The number of carbonyl (C=O) groups is 3. The molecule has 0 saturated heterocycles. The number of carbonyl (C=O) groups excluding carboxylic acids is 3. The highest BCUT2D eigenvalue weighted by molar-refractivity contribution is 6.14. The summed E-state index contributed by atoms with van der Waals surface area (Å²) in [5.41, 5.74) is 0.983. The molecule has 0 aliphatic heterocycles. The topological polar surface area (TPSA) is 51.2 Å². The molecule has 0 unspecified atom stereocenters. The number of hydrogen-bond acceptors (Lipinski definition) is 3. The summed E-state index contributed by atoms with van der Waals surface area (Å²) in [5, 5.41) is 0. The molecule has 1 spiro atoms. The molecular formula is C25H34O3. The SMILES string of the molecule is CC(=O)[C@H]1CC[C@H]2[C@@H]3CCC4=CC5(CC[C@]4(C)[C@H]3CC[C@]12C)C(=O)CCC5=O. The smallest absolute Gasteiger partial charge is 0.150 e. The summed E-state index contributed by atoms with van der Waals surface area (Å²) >= 11 is 0. The van der Waals surface area contributed by atoms with Crippen LogP contribution in [0.25, 0.3) is 0 Å². The molecule has 0 amide bonds. The Morgan fingerprint density at radius 2 is 1.61 bits per heavy atom. The van der Waals surface area contributed by atoms with Gasteiger partial charge < -0.3 is 0 Å². The van der Waals surface area contributed by atoms with Gasteiger partial charge in [-0.05, 0) is 86.9 Å². The lowest BCUT2D eigenvalue weighted by atomic mass is 9.45. The summed E-state index contributed by atoms with van der Waals surface area (Å²) < 4.78 is 0. The monoisotopic (exact) mass is 382 g/mol. The molecule has 0 radical (unpaired) electrons. The van der Waals surface area contributed by atoms with Crippen molar-refractivity contribution in [2.24, 2.45) is 39.9 Å². The standard InChI is InChI=1S/C25H34O3/c1-15(26)18-6-7-19-17-5-4-16-14-25(21(27)8-9-22(25)28)13-12-23(16,2)20(17)10-11-24(18,19)3/h14,17-20H,4-13H2,1-3H3/t17-,18+,19-,20-,23-,24+/m0/s1. The molecule has 0 aromatic rings. The minimum Gasteiger partial charge on any atom is -0.300 e. The molecule has 4 saturated carbocycles. The van der Waals surface area contributed by atoms with Gasteiger partial charge in [0.05, 0.1) is 0 Å². The first-order valence-corrected chi connectivity index (χ1v) is 11.5. The van der Waals surface area contributed by atoms with Crippen molar-refractivity contribution in [2.45, 2.75) is 85.0 Å². The molecule has 0 aromatic carbocycles. The van der Waals surface area contributed by atoms with Gasteiger partial charge in [-0.15, -0.1) is 0 Å². The lowest BCUT2D eigenvalue weighted by Gasteiger charge is -2.59. The van der Waals surface area contributed by atoms with Crippen molar-refractivity contribution in [3.8, 4) is 0 Å². The van der Waals surface area contributed by atoms with E-state index in [1.807, 2.05) is 0 Å². The Morgan fingerprint density at radius 3 is 2.29 bits per heavy atom. The zero-order valence-corrected chi connectivity index (χ0v) is 17.7. The van der Waals surface area contributed by atoms with Crippen molar-refractivity contribution < 1.29 is 14.4 Å². The van der Waals surface area contributed by atoms with E-state index in [0.717, 1.165) is 32.1 Å². The zero-order valence-electron chi connectivity index (χ0n) is 17.7. The molecule has 3 heteroatoms. The van der Waals surface area contributed by atoms with E-state index >= 15 is 0 Å². The Kier molecular flexibility index (Phi) is 3.95. The van der Waals surface area contributed by atoms with E-state index in [2.05, 4.69) is 19.9 Å². The van der Waals surface area contributed by atoms with Crippen molar-refractivity contribution in [3.63, 3.8) is 0 Å². The number of ketones is 3. The molecule has 0 bridgehead atoms. The van der Waals surface area contributed by atoms with Crippen LogP contribution < -0.4 is 0 Å². The molecule has 6 atom stereocenters. The zero-order chi connectivity index (χ0) is 19.9. The first kappa shape index (κ1) is 18.8. The summed E-state index contributed by atoms with van der Waals surface area (Å²) in [7, 11) is 0. The average Bonchev–Trinajstić information content (AvgIpc) is 3.14. The highest BCUT2D eigenvalue weighted by Crippen LogP contribution is 2.67. The van der Waals surface area contributed by atoms with Crippen LogP contribution in [0.1, 0.15) is 85.0 Å². The summed E-state index contributed by atoms with van der Waals surface area (Å²) in [6.45, 7) is 6.61. The fourth-order valence-corrected chi connectivity index (χ4v) is 8.67. The lowest BCUT2D eigenvalue weighted by Crippen LogP contribution is -2.52. The van der Waals surface area contributed by atoms with E-state index in [1.165, 1.54) is 24.8 Å². The fraction of sp³-hybridized carbons (Fsp3) is 0.800. The second-order valence-electron chi connectivity index (χ2n) is 11.1. The van der Waals surface area contributed by atoms with Crippen LogP contribution in [-0.4, -0.2) is 17.3 Å². The van der Waals surface area contributed by atoms with Gasteiger partial charge in [0.1, 0.15) is 11.2 Å². The van der Waals surface area contributed by atoms with E-state index in [1.54, 1.807) is 6.92 Å². The second-order valence-corrected chi connectivity index (χ2v) is 11.1. The van der Waals surface area contributed by atoms with Gasteiger partial charge in [0.15, 0.2) is 11.6 Å². The number of allylic oxidation sites excluding steroid dienone is 2. The number of hydrogen-bond donors (Lipinski definition) is 0. The van der Waals surface area contributed by atoms with Gasteiger partial charge in [-0.3, -0.25) is 14.4 Å². The number of fused-ring (bicyclic) bond motifs is 5. The van der Waals surface area contributed by atoms with Crippen LogP contribution in [0.5, 0.6) is 0 Å². The largest absolute Gasteiger partial charge is 0.300 e. The Bertz CT molecular complexity index is 776. The van der Waals surface area contributed by atoms with Crippen LogP contribution in [0.15, 0.2) is 11.6 Å². The molecule has 4 fully saturated rings. The molecule has 28 heavy (non-hydrogen) atoms. The van der Waals surface area contributed by atoms with Crippen molar-refractivity contribution in [1.29, 1.82) is 0 Å². The van der Waals surface area contributed by atoms with E-state index < -0.39 is 5.41 Å². The Labute approximate surface area is 168 Å². The molecule has 5 rings (SSSR count). The van der Waals surface area contributed by atoms with Gasteiger partial charge in [-0.2, -0.15) is 0 Å². The highest BCUT2D eigenvalue weighted by Gasteiger charge is 2.61. The van der Waals surface area contributed by atoms with Gasteiger partial charge in [0, 0.05) is 18.8 Å². The van der Waals surface area contributed by atoms with Crippen molar-refractivity contribution >= 4 is 17.3 Å². The molecule has 0 aromatic heterocycles. The second kappa shape index (κ2) is 5.89. The molecule has 5 aliphatic rings. The van der Waals surface area contributed by atoms with Crippen LogP contribution in [0, 0.1) is 39.9 Å². The maximum atomic E-state index is 12.6. The molecule has 5 aliphatic carbocycles. The normalized spacial score (nSPS) is 46.8. The molecular weight excluding hydrogens is 348 g/mol. The van der Waals surface area contributed by atoms with E-state index in [4.69, 9.17) is 0 Å². The number of rotatable bonds is 1. The van der Waals surface area contributed by atoms with Gasteiger partial charge in [-0.1, -0.05) is 25.5 Å². The summed E-state index contributed by atoms with van der Waals surface area (Å²) in [6.07, 6.45) is 11.6. The third kappa shape index (κ3) is 2.20. The maximum absolute atomic E-state index is 12.6. The molecule has 0 N–H and O–H groups in total. The quantitative estimate of drug-likeness (QED) is 0.470. The van der Waals surface area contributed by atoms with Gasteiger partial charge in [0.25, 0.3) is 0 Å². The third-order valence-electron chi connectivity index (χ3n) is 10.3. The Hall–Kier alpha value is -1.25. The number of Topliss-reactive ketones (excluding diaryl/α,β-unsaturated/α-hetero) is 3. The average molecular weight is 383 g/mol. The van der Waals surface area contributed by atoms with Crippen molar-refractivity contribution in [1.82, 2.24) is 0 Å². The van der Waals surface area contributed by atoms with E-state index in [9.17, 15) is 14.4 Å². The highest BCUT2D eigenvalue weighted by atomic mass is 16.2. The molecule has 3 nitrogen and oxygen atoms in total. The molecule has 152 valence electrons. The lowest BCUT2D eigenvalue weighted by molar-refractivity contribution is -0.134. The Balaban J connectivity index is 1.48. The van der Waals surface area contributed by atoms with Crippen LogP contribution in [0.3, 0.4) is 0 Å².